The molecule has 0 atom stereocenters. The Kier molecular flexibility index (Phi) is 4.97. The number of thiazole rings is 1. The number of nitrogens with two attached hydrogens (primary N) is 1. The van der Waals surface area contributed by atoms with Gasteiger partial charge in [0.2, 0.25) is 0 Å². The molecular formula is C29H22N4S. The van der Waals surface area contributed by atoms with E-state index in [0.717, 1.165) is 55.2 Å². The van der Waals surface area contributed by atoms with Gasteiger partial charge in [-0.25, -0.2) is 9.97 Å². The molecule has 0 aliphatic carbocycles. The summed E-state index contributed by atoms with van der Waals surface area (Å²) in [7, 11) is 0. The lowest BCUT2D eigenvalue weighted by atomic mass is 9.98. The summed E-state index contributed by atoms with van der Waals surface area (Å²) in [6.07, 6.45) is 1.85. The summed E-state index contributed by atoms with van der Waals surface area (Å²) < 4.78 is 1.22. The van der Waals surface area contributed by atoms with E-state index in [-0.39, 0.29) is 0 Å². The summed E-state index contributed by atoms with van der Waals surface area (Å²) in [4.78, 5) is 9.43. The van der Waals surface area contributed by atoms with Crippen LogP contribution in [0.4, 0.5) is 17.2 Å². The van der Waals surface area contributed by atoms with Crippen LogP contribution in [0.25, 0.3) is 42.7 Å². The van der Waals surface area contributed by atoms with Crippen LogP contribution >= 0.6 is 11.3 Å². The maximum absolute atomic E-state index is 6.03. The molecule has 0 radical (unpaired) electrons. The highest BCUT2D eigenvalue weighted by Crippen LogP contribution is 2.34. The minimum absolute atomic E-state index is 0.755. The van der Waals surface area contributed by atoms with Gasteiger partial charge in [0.15, 0.2) is 0 Å². The van der Waals surface area contributed by atoms with Gasteiger partial charge in [0.05, 0.1) is 10.2 Å². The zero-order chi connectivity index (χ0) is 23.1. The highest BCUT2D eigenvalue weighted by Gasteiger charge is 2.10. The number of nitrogen functional groups attached to an aromatic ring is 1. The molecule has 0 aliphatic rings. The summed E-state index contributed by atoms with van der Waals surface area (Å²) in [5.41, 5.74) is 13.4. The smallest absolute Gasteiger partial charge is 0.138 e. The molecule has 0 bridgehead atoms. The van der Waals surface area contributed by atoms with Gasteiger partial charge in [-0.1, -0.05) is 36.4 Å². The quantitative estimate of drug-likeness (QED) is 0.264. The number of anilines is 3. The second-order valence-corrected chi connectivity index (χ2v) is 9.41. The first kappa shape index (κ1) is 20.4. The highest BCUT2D eigenvalue weighted by atomic mass is 32.1. The van der Waals surface area contributed by atoms with Crippen molar-refractivity contribution in [2.24, 2.45) is 0 Å². The number of pyridine rings is 1. The van der Waals surface area contributed by atoms with Gasteiger partial charge in [-0.15, -0.1) is 11.3 Å². The van der Waals surface area contributed by atoms with E-state index in [1.165, 1.54) is 10.3 Å². The summed E-state index contributed by atoms with van der Waals surface area (Å²) >= 11 is 1.72. The fourth-order valence-electron chi connectivity index (χ4n) is 4.25. The van der Waals surface area contributed by atoms with Crippen molar-refractivity contribution >= 4 is 49.5 Å². The highest BCUT2D eigenvalue weighted by molar-refractivity contribution is 7.21. The average molecular weight is 459 g/mol. The van der Waals surface area contributed by atoms with E-state index in [0.29, 0.717) is 0 Å². The summed E-state index contributed by atoms with van der Waals surface area (Å²) in [5, 5.41) is 6.72. The van der Waals surface area contributed by atoms with E-state index < -0.39 is 0 Å². The molecule has 4 aromatic carbocycles. The number of aryl methyl sites for hydroxylation is 1. The molecule has 0 amide bonds. The molecule has 5 heteroatoms. The summed E-state index contributed by atoms with van der Waals surface area (Å²) in [6, 6.07) is 31.1. The predicted octanol–water partition coefficient (Wildman–Crippen LogP) is 7.81. The van der Waals surface area contributed by atoms with Gasteiger partial charge in [-0.05, 0) is 83.6 Å². The molecule has 6 aromatic rings. The van der Waals surface area contributed by atoms with Crippen LogP contribution in [0.2, 0.25) is 0 Å². The molecule has 0 unspecified atom stereocenters. The van der Waals surface area contributed by atoms with Crippen molar-refractivity contribution in [2.45, 2.75) is 6.92 Å². The third-order valence-corrected chi connectivity index (χ3v) is 7.01. The molecule has 164 valence electrons. The standard InChI is InChI=1S/C29H22N4S/c1-18-8-13-26-27(16-18)34-29(33-26)19-9-11-22(12-10-19)32-28-25-7-3-6-23(24(25)14-15-31-28)20-4-2-5-21(30)17-20/h2-17H,30H2,1H3,(H,31,32). The Morgan fingerprint density at radius 2 is 1.65 bits per heavy atom. The molecule has 34 heavy (non-hydrogen) atoms. The first-order chi connectivity index (χ1) is 16.6. The fourth-order valence-corrected chi connectivity index (χ4v) is 5.32. The summed E-state index contributed by atoms with van der Waals surface area (Å²) in [5.74, 6) is 0.825. The zero-order valence-electron chi connectivity index (χ0n) is 18.6. The molecule has 4 nitrogen and oxygen atoms in total. The molecule has 2 heterocycles. The minimum Gasteiger partial charge on any atom is -0.399 e. The van der Waals surface area contributed by atoms with E-state index >= 15 is 0 Å². The Balaban J connectivity index is 1.32. The van der Waals surface area contributed by atoms with E-state index in [2.05, 4.69) is 90.0 Å². The van der Waals surface area contributed by atoms with Gasteiger partial charge >= 0.3 is 0 Å². The third-order valence-electron chi connectivity index (χ3n) is 5.94. The Hall–Kier alpha value is -4.22. The molecule has 2 aromatic heterocycles. The molecule has 0 fully saturated rings. The van der Waals surface area contributed by atoms with E-state index in [9.17, 15) is 0 Å². The van der Waals surface area contributed by atoms with Crippen molar-refractivity contribution in [2.75, 3.05) is 11.1 Å². The molecule has 0 saturated heterocycles. The van der Waals surface area contributed by atoms with E-state index in [1.807, 2.05) is 24.4 Å². The van der Waals surface area contributed by atoms with Crippen LogP contribution in [-0.2, 0) is 0 Å². The first-order valence-corrected chi connectivity index (χ1v) is 11.9. The van der Waals surface area contributed by atoms with E-state index in [4.69, 9.17) is 10.7 Å². The second-order valence-electron chi connectivity index (χ2n) is 8.38. The number of benzene rings is 4. The van der Waals surface area contributed by atoms with Crippen LogP contribution in [0, 0.1) is 6.92 Å². The zero-order valence-corrected chi connectivity index (χ0v) is 19.4. The monoisotopic (exact) mass is 458 g/mol. The lowest BCUT2D eigenvalue weighted by Crippen LogP contribution is -1.95. The van der Waals surface area contributed by atoms with Crippen molar-refractivity contribution in [3.63, 3.8) is 0 Å². The second kappa shape index (κ2) is 8.28. The maximum Gasteiger partial charge on any atom is 0.138 e. The summed E-state index contributed by atoms with van der Waals surface area (Å²) in [6.45, 7) is 2.11. The number of nitrogens with one attached hydrogen (secondary N) is 1. The van der Waals surface area contributed by atoms with Gasteiger partial charge < -0.3 is 11.1 Å². The van der Waals surface area contributed by atoms with Crippen molar-refractivity contribution in [1.29, 1.82) is 0 Å². The normalized spacial score (nSPS) is 11.2. The molecule has 0 aliphatic heterocycles. The predicted molar refractivity (Wildman–Crippen MR) is 145 cm³/mol. The van der Waals surface area contributed by atoms with Crippen LogP contribution in [0.1, 0.15) is 5.56 Å². The Morgan fingerprint density at radius 1 is 0.794 bits per heavy atom. The SMILES string of the molecule is Cc1ccc2nc(-c3ccc(Nc4nccc5c(-c6cccc(N)c6)cccc45)cc3)sc2c1. The number of fused-ring (bicyclic) bond motifs is 2. The van der Waals surface area contributed by atoms with Crippen molar-refractivity contribution in [1.82, 2.24) is 9.97 Å². The lowest BCUT2D eigenvalue weighted by molar-refractivity contribution is 1.34. The Morgan fingerprint density at radius 3 is 2.50 bits per heavy atom. The van der Waals surface area contributed by atoms with Crippen LogP contribution in [-0.4, -0.2) is 9.97 Å². The Bertz CT molecular complexity index is 1650. The molecular weight excluding hydrogens is 436 g/mol. The van der Waals surface area contributed by atoms with Gasteiger partial charge in [-0.2, -0.15) is 0 Å². The molecule has 0 spiro atoms. The van der Waals surface area contributed by atoms with Crippen molar-refractivity contribution in [3.8, 4) is 21.7 Å². The maximum atomic E-state index is 6.03. The number of aromatic nitrogens is 2. The minimum atomic E-state index is 0.755. The number of hydrogen-bond acceptors (Lipinski definition) is 5. The van der Waals surface area contributed by atoms with Crippen LogP contribution in [0.3, 0.4) is 0 Å². The largest absolute Gasteiger partial charge is 0.399 e. The number of rotatable bonds is 4. The fraction of sp³-hybridized carbons (Fsp3) is 0.0345. The Labute approximate surface area is 201 Å². The van der Waals surface area contributed by atoms with Crippen LogP contribution in [0.15, 0.2) is 97.2 Å². The van der Waals surface area contributed by atoms with Crippen molar-refractivity contribution < 1.29 is 0 Å². The van der Waals surface area contributed by atoms with Gasteiger partial charge in [0.1, 0.15) is 10.8 Å². The number of hydrogen-bond donors (Lipinski definition) is 2. The lowest BCUT2D eigenvalue weighted by Gasteiger charge is -2.12. The third kappa shape index (κ3) is 3.76. The number of nitrogens with zero attached hydrogens (tertiary/aromatic N) is 2. The topological polar surface area (TPSA) is 63.8 Å². The van der Waals surface area contributed by atoms with Crippen molar-refractivity contribution in [3.05, 3.63) is 103 Å². The molecule has 0 saturated carbocycles. The van der Waals surface area contributed by atoms with Gasteiger partial charge in [0, 0.05) is 28.5 Å². The van der Waals surface area contributed by atoms with Crippen LogP contribution < -0.4 is 11.1 Å². The van der Waals surface area contributed by atoms with Gasteiger partial charge in [-0.3, -0.25) is 0 Å². The van der Waals surface area contributed by atoms with Gasteiger partial charge in [0.25, 0.3) is 0 Å². The van der Waals surface area contributed by atoms with E-state index in [1.54, 1.807) is 11.3 Å². The van der Waals surface area contributed by atoms with Crippen LogP contribution in [0.5, 0.6) is 0 Å². The average Bonchev–Trinajstić information content (AvgIpc) is 3.27. The molecule has 3 N–H and O–H groups in total. The molecule has 6 rings (SSSR count). The first-order valence-electron chi connectivity index (χ1n) is 11.1.